The standard InChI is InChI=1S/C13H17NO7/c1-14-6-9(15)7-2-4-8(5-3-7)21-13(20)11(17)10(16)12(18)19/h2-5,9-11,14-17H,6H2,1H3,(H,18,19)/t9?,10-,11-/m1/s1. The van der Waals surface area contributed by atoms with Gasteiger partial charge < -0.3 is 30.5 Å². The van der Waals surface area contributed by atoms with Crippen molar-refractivity contribution in [1.29, 1.82) is 0 Å². The third-order valence-electron chi connectivity index (χ3n) is 2.67. The average molecular weight is 299 g/mol. The van der Waals surface area contributed by atoms with E-state index in [2.05, 4.69) is 5.32 Å². The van der Waals surface area contributed by atoms with Crippen LogP contribution in [-0.4, -0.2) is 58.2 Å². The number of benzene rings is 1. The maximum absolute atomic E-state index is 11.4. The molecule has 0 spiro atoms. The molecule has 1 unspecified atom stereocenters. The average Bonchev–Trinajstić information content (AvgIpc) is 2.46. The number of hydrogen-bond donors (Lipinski definition) is 5. The van der Waals surface area contributed by atoms with E-state index in [0.717, 1.165) is 0 Å². The summed E-state index contributed by atoms with van der Waals surface area (Å²) < 4.78 is 4.73. The third kappa shape index (κ3) is 4.80. The third-order valence-corrected chi connectivity index (χ3v) is 2.67. The maximum atomic E-state index is 11.4. The molecule has 0 bridgehead atoms. The monoisotopic (exact) mass is 299 g/mol. The lowest BCUT2D eigenvalue weighted by molar-refractivity contribution is -0.164. The largest absolute Gasteiger partial charge is 0.479 e. The minimum Gasteiger partial charge on any atom is -0.479 e. The summed E-state index contributed by atoms with van der Waals surface area (Å²) in [7, 11) is 1.69. The number of aliphatic hydroxyl groups is 3. The van der Waals surface area contributed by atoms with E-state index in [1.54, 1.807) is 7.05 Å². The number of nitrogens with one attached hydrogen (secondary N) is 1. The van der Waals surface area contributed by atoms with E-state index in [-0.39, 0.29) is 5.75 Å². The molecule has 1 aromatic carbocycles. The van der Waals surface area contributed by atoms with Crippen molar-refractivity contribution < 1.29 is 34.8 Å². The summed E-state index contributed by atoms with van der Waals surface area (Å²) in [5.74, 6) is -2.96. The Morgan fingerprint density at radius 1 is 1.14 bits per heavy atom. The normalized spacial score (nSPS) is 15.0. The van der Waals surface area contributed by atoms with Crippen molar-refractivity contribution >= 4 is 11.9 Å². The van der Waals surface area contributed by atoms with Gasteiger partial charge in [-0.05, 0) is 24.7 Å². The van der Waals surface area contributed by atoms with Crippen LogP contribution in [0.2, 0.25) is 0 Å². The van der Waals surface area contributed by atoms with Crippen LogP contribution in [0.25, 0.3) is 0 Å². The molecule has 0 aliphatic heterocycles. The van der Waals surface area contributed by atoms with Gasteiger partial charge in [-0.1, -0.05) is 12.1 Å². The number of esters is 1. The fraction of sp³-hybridized carbons (Fsp3) is 0.385. The van der Waals surface area contributed by atoms with Gasteiger partial charge in [-0.2, -0.15) is 0 Å². The van der Waals surface area contributed by atoms with Gasteiger partial charge in [-0.15, -0.1) is 0 Å². The number of carbonyl (C=O) groups is 2. The minimum atomic E-state index is -2.26. The number of aliphatic hydroxyl groups excluding tert-OH is 3. The highest BCUT2D eigenvalue weighted by molar-refractivity contribution is 5.85. The summed E-state index contributed by atoms with van der Waals surface area (Å²) in [4.78, 5) is 21.9. The lowest BCUT2D eigenvalue weighted by Gasteiger charge is -2.14. The first-order chi connectivity index (χ1) is 9.86. The number of carboxylic acid groups (broad SMARTS) is 1. The molecule has 0 saturated carbocycles. The Hall–Kier alpha value is -2.00. The number of hydrogen-bond acceptors (Lipinski definition) is 7. The molecule has 0 aliphatic rings. The van der Waals surface area contributed by atoms with E-state index in [1.807, 2.05) is 0 Å². The first-order valence-corrected chi connectivity index (χ1v) is 6.10. The molecule has 1 rings (SSSR count). The zero-order valence-electron chi connectivity index (χ0n) is 11.3. The zero-order valence-corrected chi connectivity index (χ0v) is 11.3. The predicted octanol–water partition coefficient (Wildman–Crippen LogP) is -1.35. The fourth-order valence-electron chi connectivity index (χ4n) is 1.51. The maximum Gasteiger partial charge on any atom is 0.343 e. The van der Waals surface area contributed by atoms with Gasteiger partial charge in [0.25, 0.3) is 0 Å². The first-order valence-electron chi connectivity index (χ1n) is 6.10. The minimum absolute atomic E-state index is 0.0528. The highest BCUT2D eigenvalue weighted by Gasteiger charge is 2.31. The van der Waals surface area contributed by atoms with Gasteiger partial charge in [0.05, 0.1) is 6.10 Å². The summed E-state index contributed by atoms with van der Waals surface area (Å²) in [6.45, 7) is 0.350. The first kappa shape index (κ1) is 17.1. The molecule has 116 valence electrons. The highest BCUT2D eigenvalue weighted by atomic mass is 16.6. The Labute approximate surface area is 120 Å². The summed E-state index contributed by atoms with van der Waals surface area (Å²) in [5, 5.41) is 39.3. The second-order valence-corrected chi connectivity index (χ2v) is 4.29. The van der Waals surface area contributed by atoms with Gasteiger partial charge >= 0.3 is 11.9 Å². The second kappa shape index (κ2) is 7.70. The SMILES string of the molecule is CNCC(O)c1ccc(OC(=O)[C@H](O)[C@@H](O)C(=O)O)cc1. The quantitative estimate of drug-likeness (QED) is 0.308. The smallest absolute Gasteiger partial charge is 0.343 e. The van der Waals surface area contributed by atoms with E-state index in [0.29, 0.717) is 12.1 Å². The van der Waals surface area contributed by atoms with Gasteiger partial charge in [-0.3, -0.25) is 0 Å². The van der Waals surface area contributed by atoms with E-state index < -0.39 is 30.3 Å². The topological polar surface area (TPSA) is 136 Å². The molecule has 8 nitrogen and oxygen atoms in total. The molecule has 8 heteroatoms. The van der Waals surface area contributed by atoms with Crippen molar-refractivity contribution in [1.82, 2.24) is 5.32 Å². The van der Waals surface area contributed by atoms with Crippen LogP contribution in [0.15, 0.2) is 24.3 Å². The Kier molecular flexibility index (Phi) is 6.25. The summed E-state index contributed by atoms with van der Waals surface area (Å²) in [5.41, 5.74) is 0.593. The van der Waals surface area contributed by atoms with Gasteiger partial charge in [0.1, 0.15) is 5.75 Å². The van der Waals surface area contributed by atoms with Crippen molar-refractivity contribution in [3.05, 3.63) is 29.8 Å². The summed E-state index contributed by atoms with van der Waals surface area (Å²) in [6.07, 6.45) is -5.16. The molecule has 1 aromatic rings. The van der Waals surface area contributed by atoms with Crippen LogP contribution in [0.4, 0.5) is 0 Å². The number of ether oxygens (including phenoxy) is 1. The molecule has 0 heterocycles. The molecule has 3 atom stereocenters. The van der Waals surface area contributed by atoms with Crippen LogP contribution >= 0.6 is 0 Å². The molecule has 0 amide bonds. The van der Waals surface area contributed by atoms with Crippen molar-refractivity contribution in [2.45, 2.75) is 18.3 Å². The van der Waals surface area contributed by atoms with Crippen LogP contribution in [0.5, 0.6) is 5.75 Å². The molecule has 0 radical (unpaired) electrons. The van der Waals surface area contributed by atoms with E-state index >= 15 is 0 Å². The van der Waals surface area contributed by atoms with Crippen LogP contribution < -0.4 is 10.1 Å². The predicted molar refractivity (Wildman–Crippen MR) is 70.6 cm³/mol. The molecule has 5 N–H and O–H groups in total. The Bertz CT molecular complexity index is 488. The van der Waals surface area contributed by atoms with Gasteiger partial charge in [0, 0.05) is 6.54 Å². The van der Waals surface area contributed by atoms with E-state index in [1.165, 1.54) is 24.3 Å². The van der Waals surface area contributed by atoms with Crippen molar-refractivity contribution in [3.8, 4) is 5.75 Å². The Morgan fingerprint density at radius 3 is 2.19 bits per heavy atom. The van der Waals surface area contributed by atoms with Crippen LogP contribution in [0, 0.1) is 0 Å². The van der Waals surface area contributed by atoms with Crippen molar-refractivity contribution in [3.63, 3.8) is 0 Å². The number of rotatable bonds is 7. The number of carbonyl (C=O) groups excluding carboxylic acids is 1. The molecule has 21 heavy (non-hydrogen) atoms. The van der Waals surface area contributed by atoms with Gasteiger partial charge in [-0.25, -0.2) is 9.59 Å². The number of carboxylic acids is 1. The van der Waals surface area contributed by atoms with Crippen LogP contribution in [0.3, 0.4) is 0 Å². The lowest BCUT2D eigenvalue weighted by Crippen LogP contribution is -2.41. The lowest BCUT2D eigenvalue weighted by atomic mass is 10.1. The Balaban J connectivity index is 2.67. The van der Waals surface area contributed by atoms with Gasteiger partial charge in [0.15, 0.2) is 12.2 Å². The summed E-state index contributed by atoms with van der Waals surface area (Å²) >= 11 is 0. The fourth-order valence-corrected chi connectivity index (χ4v) is 1.51. The van der Waals surface area contributed by atoms with Crippen LogP contribution in [0.1, 0.15) is 11.7 Å². The van der Waals surface area contributed by atoms with Crippen LogP contribution in [-0.2, 0) is 9.59 Å². The Morgan fingerprint density at radius 2 is 1.71 bits per heavy atom. The molecular weight excluding hydrogens is 282 g/mol. The zero-order chi connectivity index (χ0) is 16.0. The van der Waals surface area contributed by atoms with E-state index in [4.69, 9.17) is 14.9 Å². The van der Waals surface area contributed by atoms with Crippen molar-refractivity contribution in [2.24, 2.45) is 0 Å². The number of aliphatic carboxylic acids is 1. The molecule has 0 aliphatic carbocycles. The highest BCUT2D eigenvalue weighted by Crippen LogP contribution is 2.18. The number of likely N-dealkylation sites (N-methyl/N-ethyl adjacent to an activating group) is 1. The van der Waals surface area contributed by atoms with E-state index in [9.17, 15) is 19.8 Å². The molecule has 0 fully saturated rings. The van der Waals surface area contributed by atoms with Crippen molar-refractivity contribution in [2.75, 3.05) is 13.6 Å². The van der Waals surface area contributed by atoms with Gasteiger partial charge in [0.2, 0.25) is 0 Å². The molecule has 0 saturated heterocycles. The second-order valence-electron chi connectivity index (χ2n) is 4.29. The summed E-state index contributed by atoms with van der Waals surface area (Å²) in [6, 6.07) is 5.80. The molecule has 0 aromatic heterocycles. The molecular formula is C13H17NO7.